The number of hydrogen-bond acceptors (Lipinski definition) is 7. The molecule has 7 nitrogen and oxygen atoms in total. The van der Waals surface area contributed by atoms with Gasteiger partial charge in [-0.2, -0.15) is 5.26 Å². The van der Waals surface area contributed by atoms with Crippen molar-refractivity contribution in [3.05, 3.63) is 17.7 Å². The highest BCUT2D eigenvalue weighted by Crippen LogP contribution is 2.35. The quantitative estimate of drug-likeness (QED) is 0.433. The van der Waals surface area contributed by atoms with E-state index in [-0.39, 0.29) is 11.9 Å². The van der Waals surface area contributed by atoms with Crippen LogP contribution in [0.25, 0.3) is 0 Å². The predicted molar refractivity (Wildman–Crippen MR) is 106 cm³/mol. The average Bonchev–Trinajstić information content (AvgIpc) is 2.71. The summed E-state index contributed by atoms with van der Waals surface area (Å²) in [6.07, 6.45) is 3.41. The molecule has 0 bridgehead atoms. The lowest BCUT2D eigenvalue weighted by molar-refractivity contribution is -0.149. The van der Waals surface area contributed by atoms with E-state index < -0.39 is 0 Å². The van der Waals surface area contributed by atoms with Crippen molar-refractivity contribution in [1.82, 2.24) is 4.90 Å². The maximum Gasteiger partial charge on any atom is 0.309 e. The lowest BCUT2D eigenvalue weighted by atomic mass is 9.97. The Morgan fingerprint density at radius 3 is 2.44 bits per heavy atom. The number of likely N-dealkylation sites (tertiary alicyclic amines) is 1. The van der Waals surface area contributed by atoms with Crippen molar-refractivity contribution in [3.63, 3.8) is 0 Å². The van der Waals surface area contributed by atoms with E-state index in [1.165, 1.54) is 18.9 Å². The molecule has 0 aromatic heterocycles. The molecule has 1 aliphatic rings. The molecular weight excluding hydrogens is 366 g/mol. The maximum absolute atomic E-state index is 11.9. The van der Waals surface area contributed by atoms with E-state index in [0.717, 1.165) is 31.1 Å². The first-order valence-electron chi connectivity index (χ1n) is 8.78. The fourth-order valence-corrected chi connectivity index (χ4v) is 3.60. The van der Waals surface area contributed by atoms with Crippen LogP contribution in [-0.4, -0.2) is 56.2 Å². The number of rotatable bonds is 5. The summed E-state index contributed by atoms with van der Waals surface area (Å²) in [6, 6.07) is 5.49. The molecule has 1 aliphatic heterocycles. The van der Waals surface area contributed by atoms with Crippen LogP contribution in [0.2, 0.25) is 0 Å². The van der Waals surface area contributed by atoms with Crippen LogP contribution in [0.4, 0.5) is 5.69 Å². The minimum atomic E-state index is -0.119. The fraction of sp³-hybridized carbons (Fsp3) is 0.526. The minimum Gasteiger partial charge on any atom is -0.493 e. The van der Waals surface area contributed by atoms with Gasteiger partial charge < -0.3 is 19.1 Å². The van der Waals surface area contributed by atoms with E-state index in [1.54, 1.807) is 19.2 Å². The molecule has 1 saturated heterocycles. The summed E-state index contributed by atoms with van der Waals surface area (Å²) in [5.74, 6) is 0.845. The summed E-state index contributed by atoms with van der Waals surface area (Å²) < 4.78 is 15.7. The Balaban J connectivity index is 2.22. The normalized spacial score (nSPS) is 15.2. The van der Waals surface area contributed by atoms with E-state index in [9.17, 15) is 10.1 Å². The van der Waals surface area contributed by atoms with E-state index >= 15 is 0 Å². The Bertz CT molecular complexity index is 737. The summed E-state index contributed by atoms with van der Waals surface area (Å²) in [5.41, 5.74) is 0.952. The number of ether oxygens (including phenoxy) is 3. The van der Waals surface area contributed by atoms with Gasteiger partial charge >= 0.3 is 5.97 Å². The lowest BCUT2D eigenvalue weighted by Crippen LogP contribution is -2.39. The van der Waals surface area contributed by atoms with Crippen molar-refractivity contribution in [2.24, 2.45) is 10.9 Å². The molecule has 0 atom stereocenters. The molecule has 1 fully saturated rings. The van der Waals surface area contributed by atoms with Gasteiger partial charge in [0.2, 0.25) is 0 Å². The number of amidine groups is 1. The number of methoxy groups -OCH3 is 2. The van der Waals surface area contributed by atoms with E-state index in [4.69, 9.17) is 19.2 Å². The number of nitrogens with zero attached hydrogens (tertiary/aromatic N) is 3. The zero-order chi connectivity index (χ0) is 19.8. The standard InChI is InChI=1S/C19H25N3O4S/c1-5-26-18(23)13-6-8-22(9-7-13)19(27-4)21-15-11-17(25-3)16(24-2)10-14(15)12-20/h10-11,13H,5-9H2,1-4H3. The second-order valence-electron chi connectivity index (χ2n) is 5.95. The molecule has 8 heteroatoms. The molecule has 146 valence electrons. The number of aliphatic imine (C=N–C) groups is 1. The first kappa shape index (κ1) is 20.9. The van der Waals surface area contributed by atoms with Crippen LogP contribution < -0.4 is 9.47 Å². The smallest absolute Gasteiger partial charge is 0.309 e. The summed E-state index contributed by atoms with van der Waals surface area (Å²) in [5, 5.41) is 10.3. The Hall–Kier alpha value is -2.40. The number of esters is 1. The number of nitriles is 1. The Morgan fingerprint density at radius 2 is 1.93 bits per heavy atom. The third-order valence-electron chi connectivity index (χ3n) is 4.41. The number of carbonyl (C=O) groups is 1. The van der Waals surface area contributed by atoms with Crippen molar-refractivity contribution in [1.29, 1.82) is 5.26 Å². The number of carbonyl (C=O) groups excluding carboxylic acids is 1. The largest absolute Gasteiger partial charge is 0.493 e. The van der Waals surface area contributed by atoms with Crippen molar-refractivity contribution in [2.75, 3.05) is 40.2 Å². The third kappa shape index (κ3) is 5.07. The van der Waals surface area contributed by atoms with Gasteiger partial charge in [-0.1, -0.05) is 11.8 Å². The first-order chi connectivity index (χ1) is 13.1. The van der Waals surface area contributed by atoms with Gasteiger partial charge in [-0.05, 0) is 26.0 Å². The molecule has 0 radical (unpaired) electrons. The van der Waals surface area contributed by atoms with Crippen molar-refractivity contribution in [3.8, 4) is 17.6 Å². The predicted octanol–water partition coefficient (Wildman–Crippen LogP) is 3.20. The minimum absolute atomic E-state index is 0.0555. The maximum atomic E-state index is 11.9. The molecule has 1 aromatic carbocycles. The molecule has 2 rings (SSSR count). The topological polar surface area (TPSA) is 84.2 Å². The van der Waals surface area contributed by atoms with Crippen LogP contribution in [0.3, 0.4) is 0 Å². The van der Waals surface area contributed by atoms with Crippen LogP contribution in [0, 0.1) is 17.2 Å². The van der Waals surface area contributed by atoms with Crippen molar-refractivity contribution >= 4 is 28.6 Å². The highest BCUT2D eigenvalue weighted by molar-refractivity contribution is 8.13. The zero-order valence-electron chi connectivity index (χ0n) is 16.2. The lowest BCUT2D eigenvalue weighted by Gasteiger charge is -2.32. The van der Waals surface area contributed by atoms with E-state index in [2.05, 4.69) is 11.0 Å². The van der Waals surface area contributed by atoms with Gasteiger partial charge in [0.25, 0.3) is 0 Å². The average molecular weight is 391 g/mol. The molecule has 0 N–H and O–H groups in total. The number of piperidine rings is 1. The molecule has 0 amide bonds. The van der Waals surface area contributed by atoms with Crippen LogP contribution in [0.1, 0.15) is 25.3 Å². The van der Waals surface area contributed by atoms with Gasteiger partial charge in [-0.3, -0.25) is 4.79 Å². The number of benzene rings is 1. The SMILES string of the molecule is CCOC(=O)C1CCN(C(=Nc2cc(OC)c(OC)cc2C#N)SC)CC1. The molecule has 0 unspecified atom stereocenters. The second-order valence-corrected chi connectivity index (χ2v) is 6.72. The summed E-state index contributed by atoms with van der Waals surface area (Å²) in [7, 11) is 3.08. The van der Waals surface area contributed by atoms with Crippen LogP contribution in [0.15, 0.2) is 17.1 Å². The number of thioether (sulfide) groups is 1. The monoisotopic (exact) mass is 391 g/mol. The van der Waals surface area contributed by atoms with Gasteiger partial charge in [0.15, 0.2) is 16.7 Å². The molecule has 0 saturated carbocycles. The molecule has 1 heterocycles. The summed E-state index contributed by atoms with van der Waals surface area (Å²) in [4.78, 5) is 18.7. The highest BCUT2D eigenvalue weighted by Gasteiger charge is 2.27. The first-order valence-corrected chi connectivity index (χ1v) is 10.0. The summed E-state index contributed by atoms with van der Waals surface area (Å²) in [6.45, 7) is 3.67. The highest BCUT2D eigenvalue weighted by atomic mass is 32.2. The Morgan fingerprint density at radius 1 is 1.30 bits per heavy atom. The molecule has 27 heavy (non-hydrogen) atoms. The van der Waals surface area contributed by atoms with Crippen LogP contribution in [-0.2, 0) is 9.53 Å². The van der Waals surface area contributed by atoms with Crippen LogP contribution in [0.5, 0.6) is 11.5 Å². The molecule has 0 spiro atoms. The molecular formula is C19H25N3O4S. The zero-order valence-corrected chi connectivity index (χ0v) is 17.0. The fourth-order valence-electron chi connectivity index (χ4n) is 2.97. The van der Waals surface area contributed by atoms with E-state index in [0.29, 0.717) is 29.4 Å². The van der Waals surface area contributed by atoms with Gasteiger partial charge in [0, 0.05) is 25.2 Å². The second kappa shape index (κ2) is 10.1. The number of hydrogen-bond donors (Lipinski definition) is 0. The van der Waals surface area contributed by atoms with Gasteiger partial charge in [0.05, 0.1) is 38.0 Å². The van der Waals surface area contributed by atoms with E-state index in [1.807, 2.05) is 13.2 Å². The van der Waals surface area contributed by atoms with Crippen molar-refractivity contribution < 1.29 is 19.0 Å². The Kier molecular flexibility index (Phi) is 7.80. The van der Waals surface area contributed by atoms with Gasteiger partial charge in [-0.25, -0.2) is 4.99 Å². The van der Waals surface area contributed by atoms with Crippen molar-refractivity contribution in [2.45, 2.75) is 19.8 Å². The summed E-state index contributed by atoms with van der Waals surface area (Å²) >= 11 is 1.51. The molecule has 1 aromatic rings. The Labute approximate surface area is 164 Å². The third-order valence-corrected chi connectivity index (χ3v) is 5.12. The van der Waals surface area contributed by atoms with Gasteiger partial charge in [-0.15, -0.1) is 0 Å². The van der Waals surface area contributed by atoms with Crippen LogP contribution >= 0.6 is 11.8 Å². The molecule has 0 aliphatic carbocycles. The van der Waals surface area contributed by atoms with Gasteiger partial charge in [0.1, 0.15) is 6.07 Å².